The number of amides is 4. The van der Waals surface area contributed by atoms with Gasteiger partial charge in [0.25, 0.3) is 0 Å². The molecule has 7 nitrogen and oxygen atoms in total. The summed E-state index contributed by atoms with van der Waals surface area (Å²) in [6.45, 7) is 3.89. The summed E-state index contributed by atoms with van der Waals surface area (Å²) in [6.07, 6.45) is 4.00. The van der Waals surface area contributed by atoms with E-state index in [9.17, 15) is 14.4 Å². The van der Waals surface area contributed by atoms with Crippen molar-refractivity contribution in [2.45, 2.75) is 45.1 Å². The van der Waals surface area contributed by atoms with Crippen LogP contribution in [0.1, 0.15) is 39.0 Å². The van der Waals surface area contributed by atoms with Crippen molar-refractivity contribution in [3.05, 3.63) is 24.3 Å². The average molecular weight is 358 g/mol. The zero-order valence-electron chi connectivity index (χ0n) is 15.2. The summed E-state index contributed by atoms with van der Waals surface area (Å²) in [6, 6.07) is 6.88. The van der Waals surface area contributed by atoms with Gasteiger partial charge in [0.1, 0.15) is 0 Å². The molecule has 0 aromatic heterocycles. The molecule has 0 radical (unpaired) electrons. The molecule has 3 rings (SSSR count). The number of hydrogen-bond donors (Lipinski definition) is 2. The van der Waals surface area contributed by atoms with Crippen molar-refractivity contribution < 1.29 is 14.4 Å². The van der Waals surface area contributed by atoms with Crippen molar-refractivity contribution in [1.82, 2.24) is 10.2 Å². The molecular formula is C19H26N4O3. The molecule has 4 amide bonds. The quantitative estimate of drug-likeness (QED) is 0.848. The van der Waals surface area contributed by atoms with Crippen molar-refractivity contribution in [1.29, 1.82) is 0 Å². The molecule has 0 aliphatic carbocycles. The van der Waals surface area contributed by atoms with Crippen LogP contribution in [-0.4, -0.2) is 48.4 Å². The molecule has 2 heterocycles. The number of nitrogens with zero attached hydrogens (tertiary/aromatic N) is 2. The highest BCUT2D eigenvalue weighted by atomic mass is 16.2. The summed E-state index contributed by atoms with van der Waals surface area (Å²) in [4.78, 5) is 39.5. The van der Waals surface area contributed by atoms with Crippen LogP contribution in [0.2, 0.25) is 0 Å². The van der Waals surface area contributed by atoms with E-state index in [0.29, 0.717) is 25.1 Å². The molecule has 1 aromatic carbocycles. The van der Waals surface area contributed by atoms with E-state index in [-0.39, 0.29) is 23.9 Å². The van der Waals surface area contributed by atoms with Crippen molar-refractivity contribution in [3.8, 4) is 0 Å². The van der Waals surface area contributed by atoms with Crippen molar-refractivity contribution in [2.24, 2.45) is 0 Å². The number of carbonyl (C=O) groups excluding carboxylic acids is 3. The first-order valence-corrected chi connectivity index (χ1v) is 9.28. The summed E-state index contributed by atoms with van der Waals surface area (Å²) >= 11 is 0. The van der Waals surface area contributed by atoms with Gasteiger partial charge < -0.3 is 20.4 Å². The number of nitrogens with one attached hydrogen (secondary N) is 2. The molecule has 140 valence electrons. The monoisotopic (exact) mass is 358 g/mol. The molecule has 0 spiro atoms. The normalized spacial score (nSPS) is 18.8. The van der Waals surface area contributed by atoms with Crippen LogP contribution in [0, 0.1) is 0 Å². The van der Waals surface area contributed by atoms with Crippen LogP contribution in [0.5, 0.6) is 0 Å². The van der Waals surface area contributed by atoms with Gasteiger partial charge in [-0.3, -0.25) is 9.59 Å². The standard InChI is InChI=1S/C19H26N4O3/c1-14(13-22-10-5-9-17(22)24)20-19(26)21-15-6-4-7-16(12-15)23-11-3-2-8-18(23)25/h4,6-7,12,14H,2-3,5,8-11,13H2,1H3,(H2,20,21,26). The van der Waals surface area contributed by atoms with Crippen molar-refractivity contribution in [2.75, 3.05) is 29.9 Å². The lowest BCUT2D eigenvalue weighted by molar-refractivity contribution is -0.128. The van der Waals surface area contributed by atoms with Gasteiger partial charge in [0.2, 0.25) is 11.8 Å². The minimum atomic E-state index is -0.314. The highest BCUT2D eigenvalue weighted by molar-refractivity contribution is 5.95. The van der Waals surface area contributed by atoms with E-state index in [0.717, 1.165) is 38.0 Å². The molecule has 2 saturated heterocycles. The van der Waals surface area contributed by atoms with Crippen LogP contribution in [0.15, 0.2) is 24.3 Å². The fourth-order valence-electron chi connectivity index (χ4n) is 3.49. The molecule has 7 heteroatoms. The fourth-order valence-corrected chi connectivity index (χ4v) is 3.49. The topological polar surface area (TPSA) is 81.8 Å². The minimum absolute atomic E-state index is 0.127. The SMILES string of the molecule is CC(CN1CCCC1=O)NC(=O)Nc1cccc(N2CCCCC2=O)c1. The smallest absolute Gasteiger partial charge is 0.319 e. The third-order valence-corrected chi connectivity index (χ3v) is 4.78. The van der Waals surface area contributed by atoms with Crippen LogP contribution in [0.25, 0.3) is 0 Å². The van der Waals surface area contributed by atoms with Crippen LogP contribution in [-0.2, 0) is 9.59 Å². The summed E-state index contributed by atoms with van der Waals surface area (Å²) in [5.74, 6) is 0.278. The van der Waals surface area contributed by atoms with Crippen LogP contribution < -0.4 is 15.5 Å². The van der Waals surface area contributed by atoms with Gasteiger partial charge in [0, 0.05) is 49.9 Å². The van der Waals surface area contributed by atoms with Gasteiger partial charge in [-0.1, -0.05) is 6.07 Å². The summed E-state index contributed by atoms with van der Waals surface area (Å²) < 4.78 is 0. The van der Waals surface area contributed by atoms with E-state index in [4.69, 9.17) is 0 Å². The van der Waals surface area contributed by atoms with E-state index in [1.54, 1.807) is 15.9 Å². The Kier molecular flexibility index (Phi) is 5.75. The number of likely N-dealkylation sites (tertiary alicyclic amines) is 1. The first kappa shape index (κ1) is 18.2. The third kappa shape index (κ3) is 4.53. The lowest BCUT2D eigenvalue weighted by Crippen LogP contribution is -2.44. The Morgan fingerprint density at radius 3 is 2.65 bits per heavy atom. The molecule has 1 aromatic rings. The molecule has 26 heavy (non-hydrogen) atoms. The maximum Gasteiger partial charge on any atom is 0.319 e. The number of piperidine rings is 1. The van der Waals surface area contributed by atoms with Gasteiger partial charge in [-0.05, 0) is 44.4 Å². The molecule has 0 saturated carbocycles. The second-order valence-electron chi connectivity index (χ2n) is 7.00. The molecule has 0 bridgehead atoms. The predicted molar refractivity (Wildman–Crippen MR) is 100 cm³/mol. The molecule has 2 fully saturated rings. The zero-order valence-corrected chi connectivity index (χ0v) is 15.2. The number of rotatable bonds is 5. The predicted octanol–water partition coefficient (Wildman–Crippen LogP) is 2.34. The third-order valence-electron chi connectivity index (χ3n) is 4.78. The molecule has 2 aliphatic heterocycles. The highest BCUT2D eigenvalue weighted by Gasteiger charge is 2.23. The summed E-state index contributed by atoms with van der Waals surface area (Å²) in [5, 5.41) is 5.67. The Balaban J connectivity index is 1.54. The molecule has 1 atom stereocenters. The number of benzene rings is 1. The van der Waals surface area contributed by atoms with E-state index in [1.165, 1.54) is 0 Å². The van der Waals surface area contributed by atoms with Crippen LogP contribution in [0.3, 0.4) is 0 Å². The number of hydrogen-bond acceptors (Lipinski definition) is 3. The van der Waals surface area contributed by atoms with E-state index >= 15 is 0 Å². The van der Waals surface area contributed by atoms with E-state index in [1.807, 2.05) is 25.1 Å². The minimum Gasteiger partial charge on any atom is -0.341 e. The average Bonchev–Trinajstić information content (AvgIpc) is 3.00. The van der Waals surface area contributed by atoms with Gasteiger partial charge in [0.05, 0.1) is 0 Å². The first-order chi connectivity index (χ1) is 12.5. The number of carbonyl (C=O) groups is 3. The van der Waals surface area contributed by atoms with Gasteiger partial charge in [-0.2, -0.15) is 0 Å². The summed E-state index contributed by atoms with van der Waals surface area (Å²) in [5.41, 5.74) is 1.45. The first-order valence-electron chi connectivity index (χ1n) is 9.28. The second-order valence-corrected chi connectivity index (χ2v) is 7.00. The molecule has 2 N–H and O–H groups in total. The van der Waals surface area contributed by atoms with E-state index in [2.05, 4.69) is 10.6 Å². The largest absolute Gasteiger partial charge is 0.341 e. The number of anilines is 2. The van der Waals surface area contributed by atoms with Crippen LogP contribution in [0.4, 0.5) is 16.2 Å². The Morgan fingerprint density at radius 1 is 1.12 bits per heavy atom. The second kappa shape index (κ2) is 8.21. The number of urea groups is 1. The van der Waals surface area contributed by atoms with Gasteiger partial charge in [-0.15, -0.1) is 0 Å². The maximum absolute atomic E-state index is 12.2. The lowest BCUT2D eigenvalue weighted by Gasteiger charge is -2.27. The Morgan fingerprint density at radius 2 is 1.92 bits per heavy atom. The Bertz CT molecular complexity index is 691. The zero-order chi connectivity index (χ0) is 18.5. The lowest BCUT2D eigenvalue weighted by atomic mass is 10.1. The van der Waals surface area contributed by atoms with Crippen molar-refractivity contribution in [3.63, 3.8) is 0 Å². The fraction of sp³-hybridized carbons (Fsp3) is 0.526. The van der Waals surface area contributed by atoms with E-state index < -0.39 is 0 Å². The van der Waals surface area contributed by atoms with Gasteiger partial charge in [0.15, 0.2) is 0 Å². The molecular weight excluding hydrogens is 332 g/mol. The molecule has 2 aliphatic rings. The highest BCUT2D eigenvalue weighted by Crippen LogP contribution is 2.23. The van der Waals surface area contributed by atoms with Gasteiger partial charge in [-0.25, -0.2) is 4.79 Å². The molecule has 1 unspecified atom stereocenters. The Labute approximate surface area is 153 Å². The van der Waals surface area contributed by atoms with Gasteiger partial charge >= 0.3 is 6.03 Å². The van der Waals surface area contributed by atoms with Crippen molar-refractivity contribution >= 4 is 29.2 Å². The Hall–Kier alpha value is -2.57. The maximum atomic E-state index is 12.2. The van der Waals surface area contributed by atoms with Crippen LogP contribution >= 0.6 is 0 Å². The summed E-state index contributed by atoms with van der Waals surface area (Å²) in [7, 11) is 0.